The quantitative estimate of drug-likeness (QED) is 0.0850. The molecule has 1 unspecified atom stereocenters. The van der Waals surface area contributed by atoms with E-state index in [0.29, 0.717) is 72.8 Å². The highest BCUT2D eigenvalue weighted by Crippen LogP contribution is 2.48. The highest BCUT2D eigenvalue weighted by molar-refractivity contribution is 6.12. The lowest BCUT2D eigenvalue weighted by Gasteiger charge is -2.42. The minimum absolute atomic E-state index is 0.00819. The minimum Gasteiger partial charge on any atom is -0.487 e. The molecule has 1 atom stereocenters. The number of halogens is 4. The third-order valence-corrected chi connectivity index (χ3v) is 14.0. The molecule has 12 aromatic rings. The Labute approximate surface area is 520 Å². The maximum absolute atomic E-state index is 14.3. The van der Waals surface area contributed by atoms with Gasteiger partial charge in [0.05, 0.1) is 36.5 Å². The predicted octanol–water partition coefficient (Wildman–Crippen LogP) is 11.1. The summed E-state index contributed by atoms with van der Waals surface area (Å²) in [5.41, 5.74) is 2.44. The predicted molar refractivity (Wildman–Crippen MR) is 330 cm³/mol. The molecule has 2 N–H and O–H groups in total. The van der Waals surface area contributed by atoms with Crippen molar-refractivity contribution in [2.75, 3.05) is 0 Å². The summed E-state index contributed by atoms with van der Waals surface area (Å²) in [6.07, 6.45) is 0. The maximum atomic E-state index is 14.3. The van der Waals surface area contributed by atoms with Gasteiger partial charge in [-0.25, -0.2) is 32.2 Å². The topological polar surface area (TPSA) is 267 Å². The van der Waals surface area contributed by atoms with Crippen molar-refractivity contribution in [2.45, 2.75) is 92.0 Å². The van der Waals surface area contributed by atoms with Crippen molar-refractivity contribution >= 4 is 27.6 Å². The molecule has 0 aliphatic rings. The number of tetrazole rings is 4. The standard InChI is InChI=1S/C29H27F2N5O2.C24H15F2N5O2.2C6H12N4/c1-28(2,3)29(37,19-6-5-7-20(30)15-19)25-16-23(11-12-24(25)27-33-35-36(4)34-27)38-17-22-10-8-18-14-21(31)9-13-26(18)32-22;25-16-3-1-2-15(11-16)23(32)21-12-19(7-8-20(21)24-28-30-31-29-24)33-13-18-6-4-14-10-17(26)5-9-22(14)27-18;1-6(2,3)5-7-8-9-10(5)4;1-6(2,3)5-7-9-10(4)8-5/h5-16,37H,17H2,1-4H3;1-12H,13H2,(H,28,29,30,31);2*1-4H3. The molecule has 22 nitrogen and oxygen atoms in total. The monoisotopic (exact) mass is 1240 g/mol. The van der Waals surface area contributed by atoms with Crippen LogP contribution in [-0.4, -0.2) is 102 Å². The van der Waals surface area contributed by atoms with E-state index in [2.05, 4.69) is 118 Å². The molecular formula is C65H66F4N18O4. The number of fused-ring (bicyclic) bond motifs is 2. The average molecular weight is 1240 g/mol. The molecule has 12 rings (SSSR count). The summed E-state index contributed by atoms with van der Waals surface area (Å²) in [5.74, 6) is 1.07. The van der Waals surface area contributed by atoms with Crippen LogP contribution in [0.3, 0.4) is 0 Å². The number of nitrogens with zero attached hydrogens (tertiary/aromatic N) is 17. The van der Waals surface area contributed by atoms with Crippen LogP contribution >= 0.6 is 0 Å². The number of ether oxygens (including phenoxy) is 2. The van der Waals surface area contributed by atoms with Crippen molar-refractivity contribution in [2.24, 2.45) is 26.6 Å². The van der Waals surface area contributed by atoms with Crippen molar-refractivity contribution in [3.8, 4) is 34.3 Å². The first kappa shape index (κ1) is 64.8. The largest absolute Gasteiger partial charge is 0.487 e. The number of benzene rings is 6. The zero-order chi connectivity index (χ0) is 65.4. The van der Waals surface area contributed by atoms with E-state index >= 15 is 0 Å². The molecule has 6 aromatic carbocycles. The molecular weight excluding hydrogens is 1170 g/mol. The van der Waals surface area contributed by atoms with Crippen molar-refractivity contribution < 1.29 is 36.9 Å². The molecule has 6 heterocycles. The zero-order valence-electron chi connectivity index (χ0n) is 52.1. The number of carbonyl (C=O) groups excluding carboxylic acids is 1. The van der Waals surface area contributed by atoms with Crippen molar-refractivity contribution in [1.82, 2.24) is 91.2 Å². The molecule has 0 radical (unpaired) electrons. The smallest absolute Gasteiger partial charge is 0.205 e. The van der Waals surface area contributed by atoms with Gasteiger partial charge < -0.3 is 14.6 Å². The van der Waals surface area contributed by atoms with Crippen LogP contribution < -0.4 is 9.47 Å². The van der Waals surface area contributed by atoms with E-state index in [0.717, 1.165) is 17.7 Å². The Morgan fingerprint density at radius 3 is 1.60 bits per heavy atom. The Bertz CT molecular complexity index is 4500. The molecule has 0 amide bonds. The van der Waals surface area contributed by atoms with Crippen LogP contribution in [0.1, 0.15) is 112 Å². The highest BCUT2D eigenvalue weighted by atomic mass is 19.1. The second kappa shape index (κ2) is 27.0. The van der Waals surface area contributed by atoms with E-state index in [4.69, 9.17) is 9.47 Å². The number of aryl methyl sites for hydroxylation is 3. The minimum atomic E-state index is -1.64. The number of carbonyl (C=O) groups is 1. The first-order chi connectivity index (χ1) is 43.1. The third kappa shape index (κ3) is 15.8. The third-order valence-electron chi connectivity index (χ3n) is 14.0. The van der Waals surface area contributed by atoms with E-state index in [1.165, 1.54) is 64.2 Å². The fraction of sp³-hybridized carbons (Fsp3) is 0.277. The van der Waals surface area contributed by atoms with Crippen LogP contribution in [0.5, 0.6) is 11.5 Å². The van der Waals surface area contributed by atoms with Gasteiger partial charge in [0.15, 0.2) is 17.4 Å². The number of aliphatic hydroxyl groups is 1. The second-order valence-electron chi connectivity index (χ2n) is 24.1. The molecule has 0 fully saturated rings. The Balaban J connectivity index is 0.000000166. The summed E-state index contributed by atoms with van der Waals surface area (Å²) in [5, 5.41) is 62.9. The molecule has 6 aromatic heterocycles. The summed E-state index contributed by atoms with van der Waals surface area (Å²) in [7, 11) is 5.27. The summed E-state index contributed by atoms with van der Waals surface area (Å²) in [6.45, 7) is 18.3. The molecule has 468 valence electrons. The second-order valence-corrected chi connectivity index (χ2v) is 24.1. The number of aromatic nitrogens is 18. The SMILES string of the molecule is Cn1nnc(-c2ccc(OCc3ccc4cc(F)ccc4n3)cc2C(O)(c2cccc(F)c2)C(C)(C)C)n1.Cn1nnc(C(C)(C)C)n1.Cn1nnnc1C(C)(C)C.O=C(c1cccc(F)c1)c1cc(OCc2ccc3cc(F)ccc3n2)ccc1-c1nn[nH]n1. The van der Waals surface area contributed by atoms with Crippen LogP contribution in [0.2, 0.25) is 0 Å². The highest BCUT2D eigenvalue weighted by Gasteiger charge is 2.46. The van der Waals surface area contributed by atoms with Crippen LogP contribution in [0.25, 0.3) is 44.6 Å². The van der Waals surface area contributed by atoms with E-state index in [-0.39, 0.29) is 52.6 Å². The number of hydrogen-bond donors (Lipinski definition) is 2. The van der Waals surface area contributed by atoms with Gasteiger partial charge >= 0.3 is 0 Å². The zero-order valence-corrected chi connectivity index (χ0v) is 52.1. The Morgan fingerprint density at radius 1 is 0.549 bits per heavy atom. The first-order valence-corrected chi connectivity index (χ1v) is 28.5. The van der Waals surface area contributed by atoms with Crippen molar-refractivity contribution in [3.63, 3.8) is 0 Å². The lowest BCUT2D eigenvalue weighted by atomic mass is 9.67. The molecule has 91 heavy (non-hydrogen) atoms. The molecule has 0 saturated heterocycles. The van der Waals surface area contributed by atoms with Gasteiger partial charge in [0.25, 0.3) is 0 Å². The fourth-order valence-corrected chi connectivity index (χ4v) is 9.46. The Kier molecular flexibility index (Phi) is 19.2. The number of rotatable bonds is 12. The van der Waals surface area contributed by atoms with Gasteiger partial charge in [-0.15, -0.1) is 35.7 Å². The molecule has 0 aliphatic heterocycles. The van der Waals surface area contributed by atoms with Crippen LogP contribution in [0, 0.1) is 28.7 Å². The summed E-state index contributed by atoms with van der Waals surface area (Å²) < 4.78 is 68.6. The van der Waals surface area contributed by atoms with E-state index in [1.54, 1.807) is 104 Å². The van der Waals surface area contributed by atoms with Gasteiger partial charge in [-0.2, -0.15) is 14.8 Å². The van der Waals surface area contributed by atoms with Crippen molar-refractivity contribution in [3.05, 3.63) is 214 Å². The van der Waals surface area contributed by atoms with Gasteiger partial charge in [-0.3, -0.25) is 4.79 Å². The Morgan fingerprint density at radius 2 is 1.12 bits per heavy atom. The van der Waals surface area contributed by atoms with Crippen molar-refractivity contribution in [1.29, 1.82) is 0 Å². The maximum Gasteiger partial charge on any atom is 0.205 e. The number of aromatic amines is 1. The first-order valence-electron chi connectivity index (χ1n) is 28.5. The molecule has 0 aliphatic carbocycles. The molecule has 0 bridgehead atoms. The van der Waals surface area contributed by atoms with Crippen LogP contribution in [0.4, 0.5) is 17.6 Å². The number of hydrogen-bond acceptors (Lipinski definition) is 18. The van der Waals surface area contributed by atoms with E-state index < -0.39 is 28.4 Å². The van der Waals surface area contributed by atoms with E-state index in [1.807, 2.05) is 27.8 Å². The summed E-state index contributed by atoms with van der Waals surface area (Å²) in [6, 6.07) is 37.3. The normalized spacial score (nSPS) is 12.2. The number of ketones is 1. The lowest BCUT2D eigenvalue weighted by Crippen LogP contribution is -2.41. The number of pyridine rings is 2. The molecule has 0 saturated carbocycles. The van der Waals surface area contributed by atoms with Gasteiger partial charge in [0, 0.05) is 56.5 Å². The van der Waals surface area contributed by atoms with Gasteiger partial charge in [0.2, 0.25) is 11.6 Å². The van der Waals surface area contributed by atoms with E-state index in [9.17, 15) is 27.5 Å². The average Bonchev–Trinajstić information content (AvgIpc) is 1.80. The Hall–Kier alpha value is -10.6. The fourth-order valence-electron chi connectivity index (χ4n) is 9.46. The van der Waals surface area contributed by atoms with Crippen LogP contribution in [-0.2, 0) is 50.8 Å². The van der Waals surface area contributed by atoms with Gasteiger partial charge in [0.1, 0.15) is 53.6 Å². The lowest BCUT2D eigenvalue weighted by molar-refractivity contribution is -0.0258. The van der Waals surface area contributed by atoms with Crippen LogP contribution in [0.15, 0.2) is 146 Å². The number of nitrogens with one attached hydrogen (secondary N) is 1. The summed E-state index contributed by atoms with van der Waals surface area (Å²) in [4.78, 5) is 25.0. The molecule has 0 spiro atoms. The van der Waals surface area contributed by atoms with Gasteiger partial charge in [-0.1, -0.05) is 98.7 Å². The van der Waals surface area contributed by atoms with Gasteiger partial charge in [-0.05, 0) is 146 Å². The number of H-pyrrole nitrogens is 1. The molecule has 26 heteroatoms. The summed E-state index contributed by atoms with van der Waals surface area (Å²) >= 11 is 0.